The van der Waals surface area contributed by atoms with Gasteiger partial charge in [0.2, 0.25) is 0 Å². The fourth-order valence-electron chi connectivity index (χ4n) is 3.69. The van der Waals surface area contributed by atoms with Crippen molar-refractivity contribution in [2.45, 2.75) is 58.5 Å². The fraction of sp³-hybridized carbons (Fsp3) is 1.00. The molecule has 3 nitrogen and oxygen atoms in total. The molecule has 2 unspecified atom stereocenters. The topological polar surface area (TPSA) is 24.5 Å². The summed E-state index contributed by atoms with van der Waals surface area (Å²) in [6.07, 6.45) is 3.59. The number of hydrogen-bond donors (Lipinski definition) is 1. The molecule has 1 fully saturated rings. The maximum absolute atomic E-state index is 5.51. The Bertz CT molecular complexity index is 225. The molecule has 0 aromatic carbocycles. The Morgan fingerprint density at radius 3 is 2.17 bits per heavy atom. The van der Waals surface area contributed by atoms with E-state index < -0.39 is 0 Å². The Morgan fingerprint density at radius 1 is 1.22 bits per heavy atom. The van der Waals surface area contributed by atoms with E-state index in [4.69, 9.17) is 4.74 Å². The van der Waals surface area contributed by atoms with Crippen molar-refractivity contribution in [3.63, 3.8) is 0 Å². The van der Waals surface area contributed by atoms with Crippen LogP contribution in [0.5, 0.6) is 0 Å². The van der Waals surface area contributed by atoms with Gasteiger partial charge in [-0.15, -0.1) is 0 Å². The molecule has 1 aliphatic heterocycles. The molecule has 1 saturated heterocycles. The smallest absolute Gasteiger partial charge is 0.0469 e. The summed E-state index contributed by atoms with van der Waals surface area (Å²) in [6.45, 7) is 13.4. The molecule has 0 aromatic rings. The maximum Gasteiger partial charge on any atom is 0.0469 e. The zero-order valence-electron chi connectivity index (χ0n) is 13.0. The minimum absolute atomic E-state index is 0.250. The lowest BCUT2D eigenvalue weighted by molar-refractivity contribution is 0.00166. The average Bonchev–Trinajstić information content (AvgIpc) is 2.42. The van der Waals surface area contributed by atoms with Gasteiger partial charge in [0.25, 0.3) is 0 Å². The summed E-state index contributed by atoms with van der Waals surface area (Å²) in [6, 6.07) is 0.561. The van der Waals surface area contributed by atoms with E-state index >= 15 is 0 Å². The van der Waals surface area contributed by atoms with Crippen LogP contribution in [0.2, 0.25) is 0 Å². The van der Waals surface area contributed by atoms with E-state index in [1.54, 1.807) is 0 Å². The van der Waals surface area contributed by atoms with Gasteiger partial charge in [-0.05, 0) is 52.2 Å². The summed E-state index contributed by atoms with van der Waals surface area (Å²) < 4.78 is 5.51. The normalized spacial score (nSPS) is 23.0. The largest absolute Gasteiger partial charge is 0.381 e. The second kappa shape index (κ2) is 7.46. The van der Waals surface area contributed by atoms with Crippen molar-refractivity contribution in [3.8, 4) is 0 Å². The summed E-state index contributed by atoms with van der Waals surface area (Å²) in [5.41, 5.74) is 0.250. The third kappa shape index (κ3) is 3.25. The predicted molar refractivity (Wildman–Crippen MR) is 78.0 cm³/mol. The first-order valence-electron chi connectivity index (χ1n) is 7.64. The molecule has 0 radical (unpaired) electrons. The maximum atomic E-state index is 5.51. The third-order valence-electron chi connectivity index (χ3n) is 4.92. The van der Waals surface area contributed by atoms with Crippen LogP contribution in [0.3, 0.4) is 0 Å². The number of hydrogen-bond acceptors (Lipinski definition) is 3. The highest BCUT2D eigenvalue weighted by molar-refractivity contribution is 4.99. The highest BCUT2D eigenvalue weighted by Gasteiger charge is 2.40. The second-order valence-corrected chi connectivity index (χ2v) is 5.60. The molecule has 3 heteroatoms. The molecule has 0 aromatic heterocycles. The van der Waals surface area contributed by atoms with E-state index in [9.17, 15) is 0 Å². The van der Waals surface area contributed by atoms with Gasteiger partial charge in [0, 0.05) is 24.8 Å². The van der Waals surface area contributed by atoms with Crippen LogP contribution in [0.25, 0.3) is 0 Å². The average molecular weight is 256 g/mol. The van der Waals surface area contributed by atoms with Gasteiger partial charge in [-0.25, -0.2) is 0 Å². The Balaban J connectivity index is 2.86. The molecule has 0 amide bonds. The van der Waals surface area contributed by atoms with Gasteiger partial charge in [0.05, 0.1) is 0 Å². The van der Waals surface area contributed by atoms with Crippen LogP contribution < -0.4 is 5.32 Å². The Labute approximate surface area is 113 Å². The quantitative estimate of drug-likeness (QED) is 0.757. The molecule has 0 spiro atoms. The van der Waals surface area contributed by atoms with Gasteiger partial charge in [-0.1, -0.05) is 20.8 Å². The van der Waals surface area contributed by atoms with Crippen molar-refractivity contribution in [2.75, 3.05) is 33.4 Å². The fourth-order valence-corrected chi connectivity index (χ4v) is 3.69. The predicted octanol–water partition coefficient (Wildman–Crippen LogP) is 2.51. The van der Waals surface area contributed by atoms with Crippen LogP contribution in [0, 0.1) is 5.92 Å². The van der Waals surface area contributed by atoms with Crippen molar-refractivity contribution in [3.05, 3.63) is 0 Å². The first-order valence-corrected chi connectivity index (χ1v) is 7.64. The molecule has 18 heavy (non-hydrogen) atoms. The van der Waals surface area contributed by atoms with Crippen LogP contribution >= 0.6 is 0 Å². The summed E-state index contributed by atoms with van der Waals surface area (Å²) in [5, 5.41) is 3.62. The number of rotatable bonds is 7. The molecule has 108 valence electrons. The highest BCUT2D eigenvalue weighted by Crippen LogP contribution is 2.32. The molecule has 1 N–H and O–H groups in total. The Morgan fingerprint density at radius 2 is 1.78 bits per heavy atom. The van der Waals surface area contributed by atoms with Crippen molar-refractivity contribution >= 4 is 0 Å². The lowest BCUT2D eigenvalue weighted by Crippen LogP contribution is -2.61. The molecule has 0 aliphatic carbocycles. The van der Waals surface area contributed by atoms with Crippen molar-refractivity contribution < 1.29 is 4.74 Å². The summed E-state index contributed by atoms with van der Waals surface area (Å²) in [5.74, 6) is 0.745. The minimum atomic E-state index is 0.250. The third-order valence-corrected chi connectivity index (χ3v) is 4.92. The van der Waals surface area contributed by atoms with Crippen molar-refractivity contribution in [1.82, 2.24) is 10.2 Å². The van der Waals surface area contributed by atoms with Crippen LogP contribution in [-0.4, -0.2) is 49.8 Å². The molecule has 0 saturated carbocycles. The molecule has 0 bridgehead atoms. The van der Waals surface area contributed by atoms with Gasteiger partial charge < -0.3 is 10.1 Å². The van der Waals surface area contributed by atoms with Crippen molar-refractivity contribution in [1.29, 1.82) is 0 Å². The van der Waals surface area contributed by atoms with Crippen molar-refractivity contribution in [2.24, 2.45) is 5.92 Å². The van der Waals surface area contributed by atoms with Gasteiger partial charge in [-0.2, -0.15) is 0 Å². The van der Waals surface area contributed by atoms with E-state index in [0.29, 0.717) is 6.04 Å². The van der Waals surface area contributed by atoms with Gasteiger partial charge in [0.1, 0.15) is 0 Å². The first-order chi connectivity index (χ1) is 8.63. The van der Waals surface area contributed by atoms with Gasteiger partial charge in [0.15, 0.2) is 0 Å². The Hall–Kier alpha value is -0.120. The first kappa shape index (κ1) is 15.9. The molecule has 1 heterocycles. The highest BCUT2D eigenvalue weighted by atomic mass is 16.5. The van der Waals surface area contributed by atoms with Crippen LogP contribution in [0.15, 0.2) is 0 Å². The van der Waals surface area contributed by atoms with Crippen LogP contribution in [0.1, 0.15) is 47.0 Å². The zero-order chi connectivity index (χ0) is 13.6. The number of nitrogens with zero attached hydrogens (tertiary/aromatic N) is 1. The Kier molecular flexibility index (Phi) is 6.61. The SMILES string of the molecule is CCN(CC)C(C)(CC)C(NC)C1CCOCC1. The number of likely N-dealkylation sites (N-methyl/N-ethyl adjacent to an activating group) is 2. The molecular weight excluding hydrogens is 224 g/mol. The standard InChI is InChI=1S/C15H32N2O/c1-6-15(4,17(7-2)8-3)14(16-5)13-9-11-18-12-10-13/h13-14,16H,6-12H2,1-5H3. The van der Waals surface area contributed by atoms with Crippen LogP contribution in [0.4, 0.5) is 0 Å². The van der Waals surface area contributed by atoms with E-state index in [0.717, 1.165) is 32.2 Å². The lowest BCUT2D eigenvalue weighted by Gasteiger charge is -2.49. The molecule has 2 atom stereocenters. The van der Waals surface area contributed by atoms with E-state index in [1.807, 2.05) is 0 Å². The summed E-state index contributed by atoms with van der Waals surface area (Å²) >= 11 is 0. The molecule has 1 aliphatic rings. The van der Waals surface area contributed by atoms with E-state index in [2.05, 4.69) is 45.0 Å². The molecule has 1 rings (SSSR count). The molecular formula is C15H32N2O. The second-order valence-electron chi connectivity index (χ2n) is 5.60. The van der Waals surface area contributed by atoms with Gasteiger partial charge in [-0.3, -0.25) is 4.90 Å². The number of ether oxygens (including phenoxy) is 1. The minimum Gasteiger partial charge on any atom is -0.381 e. The van der Waals surface area contributed by atoms with E-state index in [1.165, 1.54) is 19.3 Å². The monoisotopic (exact) mass is 256 g/mol. The number of nitrogens with one attached hydrogen (secondary N) is 1. The summed E-state index contributed by atoms with van der Waals surface area (Å²) in [4.78, 5) is 2.61. The van der Waals surface area contributed by atoms with E-state index in [-0.39, 0.29) is 5.54 Å². The zero-order valence-corrected chi connectivity index (χ0v) is 13.0. The van der Waals surface area contributed by atoms with Crippen LogP contribution in [-0.2, 0) is 4.74 Å². The lowest BCUT2D eigenvalue weighted by atomic mass is 9.76. The van der Waals surface area contributed by atoms with Gasteiger partial charge >= 0.3 is 0 Å². The summed E-state index contributed by atoms with van der Waals surface area (Å²) in [7, 11) is 2.12.